The van der Waals surface area contributed by atoms with Gasteiger partial charge in [-0.05, 0) is 6.92 Å². The lowest BCUT2D eigenvalue weighted by Gasteiger charge is -1.87. The van der Waals surface area contributed by atoms with Gasteiger partial charge in [0.2, 0.25) is 0 Å². The molecule has 0 atom stereocenters. The second-order valence-corrected chi connectivity index (χ2v) is 3.86. The number of halogens is 1. The summed E-state index contributed by atoms with van der Waals surface area (Å²) in [4.78, 5) is 6.50. The first kappa shape index (κ1) is 7.13. The molecule has 0 fully saturated rings. The van der Waals surface area contributed by atoms with Crippen LogP contribution in [0.1, 0.15) is 10.6 Å². The minimum atomic E-state index is 0.525. The SMILES string of the molecule is Cc1cn2c(CCl)cnc2s1. The van der Waals surface area contributed by atoms with Crippen LogP contribution in [0.5, 0.6) is 0 Å². The highest BCUT2D eigenvalue weighted by atomic mass is 35.5. The van der Waals surface area contributed by atoms with Gasteiger partial charge in [-0.15, -0.1) is 22.9 Å². The van der Waals surface area contributed by atoms with Crippen molar-refractivity contribution in [3.63, 3.8) is 0 Å². The van der Waals surface area contributed by atoms with Gasteiger partial charge in [0, 0.05) is 11.1 Å². The van der Waals surface area contributed by atoms with Gasteiger partial charge in [0.1, 0.15) is 0 Å². The summed E-state index contributed by atoms with van der Waals surface area (Å²) in [5.41, 5.74) is 1.06. The zero-order chi connectivity index (χ0) is 7.84. The summed E-state index contributed by atoms with van der Waals surface area (Å²) in [6.45, 7) is 2.07. The fourth-order valence-electron chi connectivity index (χ4n) is 1.04. The van der Waals surface area contributed by atoms with Crippen molar-refractivity contribution in [1.29, 1.82) is 0 Å². The lowest BCUT2D eigenvalue weighted by Crippen LogP contribution is -1.82. The van der Waals surface area contributed by atoms with Crippen LogP contribution >= 0.6 is 22.9 Å². The van der Waals surface area contributed by atoms with Crippen LogP contribution in [-0.2, 0) is 5.88 Å². The first-order chi connectivity index (χ1) is 5.31. The average molecular weight is 187 g/mol. The molecule has 0 radical (unpaired) electrons. The van der Waals surface area contributed by atoms with Crippen molar-refractivity contribution in [3.8, 4) is 0 Å². The fraction of sp³-hybridized carbons (Fsp3) is 0.286. The van der Waals surface area contributed by atoms with Crippen molar-refractivity contribution in [3.05, 3.63) is 23.0 Å². The van der Waals surface area contributed by atoms with Gasteiger partial charge < -0.3 is 0 Å². The maximum Gasteiger partial charge on any atom is 0.194 e. The zero-order valence-corrected chi connectivity index (χ0v) is 7.61. The Balaban J connectivity index is 2.73. The minimum absolute atomic E-state index is 0.525. The Hall–Kier alpha value is -0.540. The second-order valence-electron chi connectivity index (χ2n) is 2.38. The minimum Gasteiger partial charge on any atom is -0.293 e. The Morgan fingerprint density at radius 3 is 3.27 bits per heavy atom. The molecule has 2 aromatic heterocycles. The van der Waals surface area contributed by atoms with E-state index in [9.17, 15) is 0 Å². The van der Waals surface area contributed by atoms with Crippen LogP contribution in [0.3, 0.4) is 0 Å². The van der Waals surface area contributed by atoms with Crippen molar-refractivity contribution >= 4 is 27.9 Å². The monoisotopic (exact) mass is 186 g/mol. The molecule has 0 saturated carbocycles. The molecule has 0 aliphatic carbocycles. The van der Waals surface area contributed by atoms with Crippen LogP contribution in [-0.4, -0.2) is 9.38 Å². The maximum atomic E-state index is 5.70. The third kappa shape index (κ3) is 1.04. The first-order valence-corrected chi connectivity index (χ1v) is 4.64. The predicted octanol–water partition coefficient (Wildman–Crippen LogP) is 2.44. The van der Waals surface area contributed by atoms with Gasteiger partial charge in [-0.2, -0.15) is 0 Å². The van der Waals surface area contributed by atoms with E-state index in [2.05, 4.69) is 18.1 Å². The Morgan fingerprint density at radius 2 is 2.55 bits per heavy atom. The number of alkyl halides is 1. The van der Waals surface area contributed by atoms with Crippen LogP contribution in [0, 0.1) is 6.92 Å². The topological polar surface area (TPSA) is 17.3 Å². The van der Waals surface area contributed by atoms with E-state index >= 15 is 0 Å². The molecule has 2 rings (SSSR count). The summed E-state index contributed by atoms with van der Waals surface area (Å²) in [5.74, 6) is 0.525. The number of rotatable bonds is 1. The van der Waals surface area contributed by atoms with Crippen molar-refractivity contribution in [1.82, 2.24) is 9.38 Å². The molecular formula is C7H7ClN2S. The third-order valence-electron chi connectivity index (χ3n) is 1.54. The van der Waals surface area contributed by atoms with E-state index in [0.29, 0.717) is 5.88 Å². The fourth-order valence-corrected chi connectivity index (χ4v) is 2.06. The number of nitrogens with zero attached hydrogens (tertiary/aromatic N) is 2. The summed E-state index contributed by atoms with van der Waals surface area (Å²) in [6, 6.07) is 0. The Morgan fingerprint density at radius 1 is 1.73 bits per heavy atom. The Bertz CT molecular complexity index is 377. The normalized spacial score (nSPS) is 11.1. The van der Waals surface area contributed by atoms with Gasteiger partial charge in [0.15, 0.2) is 4.96 Å². The molecule has 58 valence electrons. The summed E-state index contributed by atoms with van der Waals surface area (Å²) in [5, 5.41) is 0. The molecule has 0 aromatic carbocycles. The molecule has 0 unspecified atom stereocenters. The van der Waals surface area contributed by atoms with Crippen molar-refractivity contribution in [2.45, 2.75) is 12.8 Å². The molecule has 0 aliphatic heterocycles. The van der Waals surface area contributed by atoms with Crippen LogP contribution in [0.2, 0.25) is 0 Å². The standard InChI is InChI=1S/C7H7ClN2S/c1-5-4-10-6(2-8)3-9-7(10)11-5/h3-4H,2H2,1H3. The smallest absolute Gasteiger partial charge is 0.194 e. The molecule has 0 saturated heterocycles. The summed E-state index contributed by atoms with van der Waals surface area (Å²) >= 11 is 7.38. The van der Waals surface area contributed by atoms with E-state index < -0.39 is 0 Å². The highest BCUT2D eigenvalue weighted by Crippen LogP contribution is 2.18. The maximum absolute atomic E-state index is 5.70. The van der Waals surface area contributed by atoms with E-state index in [1.54, 1.807) is 11.3 Å². The molecule has 2 heterocycles. The van der Waals surface area contributed by atoms with Gasteiger partial charge in [-0.25, -0.2) is 4.98 Å². The number of fused-ring (bicyclic) bond motifs is 1. The highest BCUT2D eigenvalue weighted by molar-refractivity contribution is 7.16. The molecule has 2 aromatic rings. The van der Waals surface area contributed by atoms with Crippen molar-refractivity contribution < 1.29 is 0 Å². The molecule has 0 aliphatic rings. The Kier molecular flexibility index (Phi) is 1.62. The number of aryl methyl sites for hydroxylation is 1. The number of aromatic nitrogens is 2. The van der Waals surface area contributed by atoms with Crippen LogP contribution in [0.4, 0.5) is 0 Å². The number of thiazole rings is 1. The quantitative estimate of drug-likeness (QED) is 0.626. The van der Waals surface area contributed by atoms with E-state index in [4.69, 9.17) is 11.6 Å². The Labute approximate surface area is 73.4 Å². The molecule has 4 heteroatoms. The van der Waals surface area contributed by atoms with Gasteiger partial charge in [-0.1, -0.05) is 0 Å². The third-order valence-corrected chi connectivity index (χ3v) is 2.73. The summed E-state index contributed by atoms with van der Waals surface area (Å²) in [7, 11) is 0. The molecule has 11 heavy (non-hydrogen) atoms. The number of hydrogen-bond donors (Lipinski definition) is 0. The van der Waals surface area contributed by atoms with E-state index in [1.807, 2.05) is 10.6 Å². The highest BCUT2D eigenvalue weighted by Gasteiger charge is 2.03. The predicted molar refractivity (Wildman–Crippen MR) is 47.4 cm³/mol. The average Bonchev–Trinajstić information content (AvgIpc) is 2.45. The molecule has 2 nitrogen and oxygen atoms in total. The van der Waals surface area contributed by atoms with Gasteiger partial charge in [0.25, 0.3) is 0 Å². The molecule has 0 bridgehead atoms. The van der Waals surface area contributed by atoms with E-state index in [0.717, 1.165) is 10.7 Å². The lowest BCUT2D eigenvalue weighted by atomic mass is 10.5. The molecule has 0 spiro atoms. The molecule has 0 N–H and O–H groups in total. The van der Waals surface area contributed by atoms with Crippen LogP contribution in [0.15, 0.2) is 12.4 Å². The largest absolute Gasteiger partial charge is 0.293 e. The lowest BCUT2D eigenvalue weighted by molar-refractivity contribution is 1.11. The van der Waals surface area contributed by atoms with Gasteiger partial charge >= 0.3 is 0 Å². The van der Waals surface area contributed by atoms with Gasteiger partial charge in [0.05, 0.1) is 17.8 Å². The molecule has 0 amide bonds. The molecular weight excluding hydrogens is 180 g/mol. The number of hydrogen-bond acceptors (Lipinski definition) is 2. The van der Waals surface area contributed by atoms with Crippen LogP contribution < -0.4 is 0 Å². The van der Waals surface area contributed by atoms with E-state index in [-0.39, 0.29) is 0 Å². The summed E-state index contributed by atoms with van der Waals surface area (Å²) < 4.78 is 2.03. The summed E-state index contributed by atoms with van der Waals surface area (Å²) in [6.07, 6.45) is 3.88. The first-order valence-electron chi connectivity index (χ1n) is 3.29. The van der Waals surface area contributed by atoms with Crippen molar-refractivity contribution in [2.24, 2.45) is 0 Å². The van der Waals surface area contributed by atoms with Crippen LogP contribution in [0.25, 0.3) is 4.96 Å². The van der Waals surface area contributed by atoms with E-state index in [1.165, 1.54) is 4.88 Å². The van der Waals surface area contributed by atoms with Gasteiger partial charge in [-0.3, -0.25) is 4.40 Å². The second kappa shape index (κ2) is 2.50. The number of imidazole rings is 1. The zero-order valence-electron chi connectivity index (χ0n) is 6.04. The van der Waals surface area contributed by atoms with Crippen molar-refractivity contribution in [2.75, 3.05) is 0 Å².